The van der Waals surface area contributed by atoms with Crippen LogP contribution in [0.1, 0.15) is 31.1 Å². The highest BCUT2D eigenvalue weighted by Crippen LogP contribution is 2.15. The molecule has 0 aliphatic carbocycles. The monoisotopic (exact) mass is 381 g/mol. The fourth-order valence-electron chi connectivity index (χ4n) is 2.58. The second-order valence-corrected chi connectivity index (χ2v) is 7.29. The van der Waals surface area contributed by atoms with Crippen molar-refractivity contribution in [2.75, 3.05) is 38.0 Å². The van der Waals surface area contributed by atoms with Crippen LogP contribution in [-0.2, 0) is 9.53 Å². The molecule has 2 rings (SSSR count). The van der Waals surface area contributed by atoms with Gasteiger partial charge in [-0.2, -0.15) is 0 Å². The van der Waals surface area contributed by atoms with Crippen LogP contribution in [0.4, 0.5) is 14.9 Å². The van der Waals surface area contributed by atoms with Crippen molar-refractivity contribution >= 4 is 23.7 Å². The molecule has 0 saturated carbocycles. The number of nitrogens with zero attached hydrogens (tertiary/aromatic N) is 2. The van der Waals surface area contributed by atoms with Gasteiger partial charge in [0.05, 0.1) is 12.1 Å². The van der Waals surface area contributed by atoms with Gasteiger partial charge in [0.25, 0.3) is 0 Å². The number of anilines is 1. The maximum absolute atomic E-state index is 13.7. The summed E-state index contributed by atoms with van der Waals surface area (Å²) in [6.45, 7) is 7.42. The summed E-state index contributed by atoms with van der Waals surface area (Å²) in [7, 11) is 0. The third-order valence-electron chi connectivity index (χ3n) is 3.87. The van der Waals surface area contributed by atoms with Gasteiger partial charge in [0.1, 0.15) is 11.4 Å². The van der Waals surface area contributed by atoms with Gasteiger partial charge in [-0.15, -0.1) is 0 Å². The Morgan fingerprint density at radius 2 is 1.81 bits per heavy atom. The number of hydrogen-bond acceptors (Lipinski definition) is 5. The quantitative estimate of drug-likeness (QED) is 0.828. The van der Waals surface area contributed by atoms with Crippen LogP contribution in [0, 0.1) is 5.82 Å². The summed E-state index contributed by atoms with van der Waals surface area (Å²) in [4.78, 5) is 38.4. The molecule has 0 unspecified atom stereocenters. The molecule has 9 heteroatoms. The summed E-state index contributed by atoms with van der Waals surface area (Å²) in [5.41, 5.74) is -0.819. The van der Waals surface area contributed by atoms with E-state index in [1.54, 1.807) is 25.7 Å². The normalized spacial score (nSPS) is 15.3. The summed E-state index contributed by atoms with van der Waals surface area (Å²) in [5.74, 6) is -2.62. The highest BCUT2D eigenvalue weighted by molar-refractivity contribution is 5.93. The lowest BCUT2D eigenvalue weighted by Crippen LogP contribution is -2.51. The molecule has 27 heavy (non-hydrogen) atoms. The minimum absolute atomic E-state index is 0.0878. The van der Waals surface area contributed by atoms with Crippen LogP contribution in [-0.4, -0.2) is 71.2 Å². The van der Waals surface area contributed by atoms with Crippen LogP contribution in [0.25, 0.3) is 0 Å². The first-order valence-corrected chi connectivity index (χ1v) is 8.58. The van der Waals surface area contributed by atoms with Gasteiger partial charge in [0, 0.05) is 31.9 Å². The van der Waals surface area contributed by atoms with E-state index in [1.165, 1.54) is 6.07 Å². The first kappa shape index (κ1) is 20.6. The second kappa shape index (κ2) is 8.34. The summed E-state index contributed by atoms with van der Waals surface area (Å²) in [6, 6.07) is 3.42. The molecular formula is C18H24FN3O5. The third-order valence-corrected chi connectivity index (χ3v) is 3.87. The van der Waals surface area contributed by atoms with Crippen LogP contribution in [0.5, 0.6) is 0 Å². The van der Waals surface area contributed by atoms with Crippen molar-refractivity contribution in [1.29, 1.82) is 0 Å². The Morgan fingerprint density at radius 1 is 1.19 bits per heavy atom. The smallest absolute Gasteiger partial charge is 0.410 e. The first-order valence-electron chi connectivity index (χ1n) is 8.58. The maximum Gasteiger partial charge on any atom is 0.410 e. The van der Waals surface area contributed by atoms with Crippen molar-refractivity contribution < 1.29 is 28.6 Å². The number of rotatable bonds is 4. The van der Waals surface area contributed by atoms with Crippen molar-refractivity contribution in [2.45, 2.75) is 26.4 Å². The maximum atomic E-state index is 13.7. The van der Waals surface area contributed by atoms with Crippen molar-refractivity contribution in [1.82, 2.24) is 9.80 Å². The fraction of sp³-hybridized carbons (Fsp3) is 0.500. The molecule has 1 aromatic rings. The average Bonchev–Trinajstić information content (AvgIpc) is 2.53. The van der Waals surface area contributed by atoms with Gasteiger partial charge >= 0.3 is 12.1 Å². The van der Waals surface area contributed by atoms with Gasteiger partial charge in [0.2, 0.25) is 5.91 Å². The number of benzene rings is 1. The molecular weight excluding hydrogens is 357 g/mol. The molecule has 1 saturated heterocycles. The van der Waals surface area contributed by atoms with Crippen molar-refractivity contribution in [2.24, 2.45) is 0 Å². The Kier molecular flexibility index (Phi) is 6.37. The molecule has 1 aliphatic heterocycles. The summed E-state index contributed by atoms with van der Waals surface area (Å²) >= 11 is 0. The van der Waals surface area contributed by atoms with Crippen molar-refractivity contribution in [3.05, 3.63) is 29.6 Å². The number of carbonyl (C=O) groups is 3. The number of hydrogen-bond donors (Lipinski definition) is 2. The number of ether oxygens (including phenoxy) is 1. The lowest BCUT2D eigenvalue weighted by molar-refractivity contribution is -0.117. The molecule has 0 bridgehead atoms. The molecule has 1 aromatic carbocycles. The number of piperazine rings is 1. The number of nitrogens with one attached hydrogen (secondary N) is 1. The zero-order chi connectivity index (χ0) is 20.2. The van der Waals surface area contributed by atoms with E-state index in [2.05, 4.69) is 5.32 Å². The number of amides is 2. The van der Waals surface area contributed by atoms with E-state index >= 15 is 0 Å². The van der Waals surface area contributed by atoms with Gasteiger partial charge in [-0.25, -0.2) is 14.0 Å². The molecule has 8 nitrogen and oxygen atoms in total. The van der Waals surface area contributed by atoms with Gasteiger partial charge in [-0.3, -0.25) is 9.69 Å². The lowest BCUT2D eigenvalue weighted by atomic mass is 10.2. The SMILES string of the molecule is CC(C)(C)OC(=O)N1CCN(CC(=O)Nc2ccc(C(=O)O)c(F)c2)CC1. The number of carbonyl (C=O) groups excluding carboxylic acids is 2. The van der Waals surface area contributed by atoms with Crippen LogP contribution in [0.2, 0.25) is 0 Å². The van der Waals surface area contributed by atoms with Crippen LogP contribution in [0.15, 0.2) is 18.2 Å². The molecule has 2 N–H and O–H groups in total. The van der Waals surface area contributed by atoms with Crippen LogP contribution < -0.4 is 5.32 Å². The molecule has 0 aromatic heterocycles. The average molecular weight is 381 g/mol. The van der Waals surface area contributed by atoms with Crippen molar-refractivity contribution in [3.8, 4) is 0 Å². The third kappa shape index (κ3) is 6.21. The number of carboxylic acids is 1. The van der Waals surface area contributed by atoms with E-state index in [1.807, 2.05) is 4.90 Å². The number of carboxylic acid groups (broad SMARTS) is 1. The van der Waals surface area contributed by atoms with Crippen LogP contribution >= 0.6 is 0 Å². The minimum Gasteiger partial charge on any atom is -0.478 e. The van der Waals surface area contributed by atoms with E-state index in [0.717, 1.165) is 12.1 Å². The molecule has 148 valence electrons. The van der Waals surface area contributed by atoms with E-state index < -0.39 is 23.0 Å². The number of aromatic carboxylic acids is 1. The zero-order valence-electron chi connectivity index (χ0n) is 15.6. The van der Waals surface area contributed by atoms with E-state index in [9.17, 15) is 18.8 Å². The Morgan fingerprint density at radius 3 is 2.33 bits per heavy atom. The standard InChI is InChI=1S/C18H24FN3O5/c1-18(2,3)27-17(26)22-8-6-21(7-9-22)11-15(23)20-12-4-5-13(16(24)25)14(19)10-12/h4-5,10H,6-9,11H2,1-3H3,(H,20,23)(H,24,25). The van der Waals surface area contributed by atoms with Gasteiger partial charge in [0.15, 0.2) is 0 Å². The number of halogens is 1. The Hall–Kier alpha value is -2.68. The minimum atomic E-state index is -1.37. The zero-order valence-corrected chi connectivity index (χ0v) is 15.6. The second-order valence-electron chi connectivity index (χ2n) is 7.29. The van der Waals surface area contributed by atoms with E-state index in [4.69, 9.17) is 9.84 Å². The molecule has 0 atom stereocenters. The Balaban J connectivity index is 1.82. The Labute approximate surface area is 156 Å². The molecule has 1 fully saturated rings. The van der Waals surface area contributed by atoms with Crippen molar-refractivity contribution in [3.63, 3.8) is 0 Å². The molecule has 0 radical (unpaired) electrons. The van der Waals surface area contributed by atoms with Gasteiger partial charge < -0.3 is 20.1 Å². The first-order chi connectivity index (χ1) is 12.5. The molecule has 1 aliphatic rings. The Bertz CT molecular complexity index is 724. The molecule has 1 heterocycles. The van der Waals surface area contributed by atoms with E-state index in [0.29, 0.717) is 26.2 Å². The predicted molar refractivity (Wildman–Crippen MR) is 96.2 cm³/mol. The summed E-state index contributed by atoms with van der Waals surface area (Å²) in [6.07, 6.45) is -0.374. The summed E-state index contributed by atoms with van der Waals surface area (Å²) < 4.78 is 19.0. The largest absolute Gasteiger partial charge is 0.478 e. The fourth-order valence-corrected chi connectivity index (χ4v) is 2.58. The molecule has 2 amide bonds. The highest BCUT2D eigenvalue weighted by Gasteiger charge is 2.26. The summed E-state index contributed by atoms with van der Waals surface area (Å²) in [5, 5.41) is 11.3. The highest BCUT2D eigenvalue weighted by atomic mass is 19.1. The molecule has 0 spiro atoms. The van der Waals surface area contributed by atoms with Gasteiger partial charge in [-0.05, 0) is 39.0 Å². The topological polar surface area (TPSA) is 99.2 Å². The van der Waals surface area contributed by atoms with Gasteiger partial charge in [-0.1, -0.05) is 0 Å². The van der Waals surface area contributed by atoms with E-state index in [-0.39, 0.29) is 24.2 Å². The van der Waals surface area contributed by atoms with Crippen LogP contribution in [0.3, 0.4) is 0 Å². The predicted octanol–water partition coefficient (Wildman–Crippen LogP) is 2.02. The lowest BCUT2D eigenvalue weighted by Gasteiger charge is -2.35.